The highest BCUT2D eigenvalue weighted by atomic mass is 35.5. The molecule has 21 heavy (non-hydrogen) atoms. The van der Waals surface area contributed by atoms with Gasteiger partial charge in [-0.3, -0.25) is 4.79 Å². The van der Waals surface area contributed by atoms with E-state index in [-0.39, 0.29) is 42.7 Å². The Hall–Kier alpha value is -0.360. The van der Waals surface area contributed by atoms with Gasteiger partial charge in [-0.1, -0.05) is 6.92 Å². The summed E-state index contributed by atoms with van der Waals surface area (Å²) in [4.78, 5) is 20.0. The van der Waals surface area contributed by atoms with E-state index in [1.165, 1.54) is 23.4 Å². The van der Waals surface area contributed by atoms with Crippen molar-refractivity contribution in [3.63, 3.8) is 0 Å². The van der Waals surface area contributed by atoms with Gasteiger partial charge in [-0.15, -0.1) is 36.2 Å². The maximum Gasteiger partial charge on any atom is 0.227 e. The van der Waals surface area contributed by atoms with Gasteiger partial charge in [-0.25, -0.2) is 4.98 Å². The van der Waals surface area contributed by atoms with Crippen LogP contribution in [0.3, 0.4) is 0 Å². The molecule has 0 radical (unpaired) electrons. The van der Waals surface area contributed by atoms with Crippen molar-refractivity contribution < 1.29 is 4.79 Å². The number of amides is 1. The molecule has 1 aliphatic carbocycles. The Morgan fingerprint density at radius 1 is 1.33 bits per heavy atom. The van der Waals surface area contributed by atoms with Crippen LogP contribution < -0.4 is 5.73 Å². The van der Waals surface area contributed by atoms with Gasteiger partial charge in [0.1, 0.15) is 5.01 Å². The number of aromatic nitrogens is 1. The molecule has 2 unspecified atom stereocenters. The molecule has 7 heteroatoms. The fourth-order valence-electron chi connectivity index (χ4n) is 2.33. The summed E-state index contributed by atoms with van der Waals surface area (Å²) in [5.74, 6) is -0.0391. The molecule has 0 saturated heterocycles. The zero-order valence-electron chi connectivity index (χ0n) is 12.8. The Bertz CT molecular complexity index is 442. The highest BCUT2D eigenvalue weighted by Crippen LogP contribution is 2.27. The SMILES string of the molecule is CC(N)C(C)C(=O)N(C)Cc1nc2c(s1)CCCC2.Cl.Cl. The van der Waals surface area contributed by atoms with E-state index >= 15 is 0 Å². The number of nitrogens with two attached hydrogens (primary N) is 1. The third kappa shape index (κ3) is 5.09. The molecule has 0 bridgehead atoms. The van der Waals surface area contributed by atoms with Gasteiger partial charge < -0.3 is 10.6 Å². The Balaban J connectivity index is 0.00000200. The van der Waals surface area contributed by atoms with Gasteiger partial charge >= 0.3 is 0 Å². The summed E-state index contributed by atoms with van der Waals surface area (Å²) in [6.45, 7) is 4.36. The third-order valence-corrected chi connectivity index (χ3v) is 4.96. The van der Waals surface area contributed by atoms with Crippen LogP contribution in [0.15, 0.2) is 0 Å². The normalized spacial score (nSPS) is 16.0. The zero-order chi connectivity index (χ0) is 14.0. The molecular weight excluding hydrogens is 329 g/mol. The Morgan fingerprint density at radius 3 is 2.52 bits per heavy atom. The van der Waals surface area contributed by atoms with E-state index in [2.05, 4.69) is 4.98 Å². The van der Waals surface area contributed by atoms with Gasteiger partial charge in [-0.2, -0.15) is 0 Å². The van der Waals surface area contributed by atoms with Crippen molar-refractivity contribution in [1.82, 2.24) is 9.88 Å². The van der Waals surface area contributed by atoms with E-state index < -0.39 is 0 Å². The van der Waals surface area contributed by atoms with Crippen LogP contribution in [0.1, 0.15) is 42.3 Å². The fourth-order valence-corrected chi connectivity index (χ4v) is 3.54. The third-order valence-electron chi connectivity index (χ3n) is 3.82. The Kier molecular flexibility index (Phi) is 8.78. The number of rotatable bonds is 4. The molecule has 0 aliphatic heterocycles. The maximum atomic E-state index is 12.2. The summed E-state index contributed by atoms with van der Waals surface area (Å²) in [6, 6.07) is -0.112. The fraction of sp³-hybridized carbons (Fsp3) is 0.714. The molecule has 122 valence electrons. The summed E-state index contributed by atoms with van der Waals surface area (Å²) in [6.07, 6.45) is 4.76. The minimum absolute atomic E-state index is 0. The van der Waals surface area contributed by atoms with E-state index in [1.807, 2.05) is 20.9 Å². The molecule has 0 fully saturated rings. The van der Waals surface area contributed by atoms with Gasteiger partial charge in [0.15, 0.2) is 0 Å². The van der Waals surface area contributed by atoms with Crippen LogP contribution in [0.25, 0.3) is 0 Å². The molecule has 4 nitrogen and oxygen atoms in total. The molecule has 0 saturated carbocycles. The summed E-state index contributed by atoms with van der Waals surface area (Å²) in [5, 5.41) is 1.06. The molecule has 1 heterocycles. The lowest BCUT2D eigenvalue weighted by molar-refractivity contribution is -0.134. The summed E-state index contributed by atoms with van der Waals surface area (Å²) < 4.78 is 0. The molecule has 0 spiro atoms. The first-order chi connectivity index (χ1) is 8.99. The number of carbonyl (C=O) groups excluding carboxylic acids is 1. The summed E-state index contributed by atoms with van der Waals surface area (Å²) in [7, 11) is 1.83. The number of carbonyl (C=O) groups is 1. The standard InChI is InChI=1S/C14H23N3OS.2ClH/c1-9(10(2)15)14(18)17(3)8-13-16-11-6-4-5-7-12(11)19-13;;/h9-10H,4-8,15H2,1-3H3;2*1H. The quantitative estimate of drug-likeness (QED) is 0.905. The van der Waals surface area contributed by atoms with Crippen molar-refractivity contribution in [1.29, 1.82) is 0 Å². The minimum atomic E-state index is -0.139. The Labute approximate surface area is 143 Å². The molecule has 2 N–H and O–H groups in total. The molecule has 1 aromatic heterocycles. The first-order valence-electron chi connectivity index (χ1n) is 6.97. The predicted octanol–water partition coefficient (Wildman–Crippen LogP) is 2.81. The lowest BCUT2D eigenvalue weighted by atomic mass is 10.0. The highest BCUT2D eigenvalue weighted by molar-refractivity contribution is 7.11. The number of thiazole rings is 1. The topological polar surface area (TPSA) is 59.2 Å². The molecular formula is C14H25Cl2N3OS. The molecule has 1 aliphatic rings. The van der Waals surface area contributed by atoms with Crippen LogP contribution in [-0.2, 0) is 24.2 Å². The molecule has 1 amide bonds. The smallest absolute Gasteiger partial charge is 0.227 e. The molecule has 0 aromatic carbocycles. The monoisotopic (exact) mass is 353 g/mol. The molecule has 2 rings (SSSR count). The largest absolute Gasteiger partial charge is 0.339 e. The van der Waals surface area contributed by atoms with Crippen LogP contribution >= 0.6 is 36.2 Å². The van der Waals surface area contributed by atoms with E-state index in [0.29, 0.717) is 6.54 Å². The second-order valence-corrected chi connectivity index (χ2v) is 6.69. The lowest BCUT2D eigenvalue weighted by Gasteiger charge is -2.22. The van der Waals surface area contributed by atoms with Crippen LogP contribution in [-0.4, -0.2) is 28.9 Å². The van der Waals surface area contributed by atoms with Crippen molar-refractivity contribution in [2.45, 2.75) is 52.1 Å². The number of hydrogen-bond donors (Lipinski definition) is 1. The van der Waals surface area contributed by atoms with Gasteiger partial charge in [-0.05, 0) is 32.6 Å². The van der Waals surface area contributed by atoms with Crippen molar-refractivity contribution in [3.05, 3.63) is 15.6 Å². The second kappa shape index (κ2) is 8.93. The average Bonchev–Trinajstić information content (AvgIpc) is 2.78. The lowest BCUT2D eigenvalue weighted by Crippen LogP contribution is -2.39. The maximum absolute atomic E-state index is 12.2. The Morgan fingerprint density at radius 2 is 1.95 bits per heavy atom. The van der Waals surface area contributed by atoms with E-state index in [9.17, 15) is 4.79 Å². The number of aryl methyl sites for hydroxylation is 2. The number of halogens is 2. The first kappa shape index (κ1) is 20.6. The van der Waals surface area contributed by atoms with Crippen molar-refractivity contribution in [2.24, 2.45) is 11.7 Å². The summed E-state index contributed by atoms with van der Waals surface area (Å²) >= 11 is 1.76. The highest BCUT2D eigenvalue weighted by Gasteiger charge is 2.22. The van der Waals surface area contributed by atoms with E-state index in [0.717, 1.165) is 17.8 Å². The van der Waals surface area contributed by atoms with Gasteiger partial charge in [0.05, 0.1) is 18.2 Å². The first-order valence-corrected chi connectivity index (χ1v) is 7.78. The van der Waals surface area contributed by atoms with Crippen molar-refractivity contribution >= 4 is 42.1 Å². The number of hydrogen-bond acceptors (Lipinski definition) is 4. The van der Waals surface area contributed by atoms with Gasteiger partial charge in [0, 0.05) is 18.0 Å². The predicted molar refractivity (Wildman–Crippen MR) is 92.5 cm³/mol. The van der Waals surface area contributed by atoms with Gasteiger partial charge in [0.25, 0.3) is 0 Å². The van der Waals surface area contributed by atoms with Crippen molar-refractivity contribution in [2.75, 3.05) is 7.05 Å². The van der Waals surface area contributed by atoms with Gasteiger partial charge in [0.2, 0.25) is 5.91 Å². The average molecular weight is 354 g/mol. The van der Waals surface area contributed by atoms with Crippen LogP contribution in [0.5, 0.6) is 0 Å². The minimum Gasteiger partial charge on any atom is -0.339 e. The molecule has 2 atom stereocenters. The molecule has 1 aromatic rings. The number of fused-ring (bicyclic) bond motifs is 1. The zero-order valence-corrected chi connectivity index (χ0v) is 15.2. The van der Waals surface area contributed by atoms with E-state index in [1.54, 1.807) is 16.2 Å². The van der Waals surface area contributed by atoms with Crippen LogP contribution in [0.2, 0.25) is 0 Å². The number of nitrogens with zero attached hydrogens (tertiary/aromatic N) is 2. The van der Waals surface area contributed by atoms with Crippen molar-refractivity contribution in [3.8, 4) is 0 Å². The van der Waals surface area contributed by atoms with Crippen LogP contribution in [0, 0.1) is 5.92 Å². The second-order valence-electron chi connectivity index (χ2n) is 5.53. The van der Waals surface area contributed by atoms with Crippen LogP contribution in [0.4, 0.5) is 0 Å². The van der Waals surface area contributed by atoms with E-state index in [4.69, 9.17) is 5.73 Å². The summed E-state index contributed by atoms with van der Waals surface area (Å²) in [5.41, 5.74) is 7.04.